The highest BCUT2D eigenvalue weighted by Crippen LogP contribution is 2.28. The van der Waals surface area contributed by atoms with Gasteiger partial charge in [0.1, 0.15) is 36.3 Å². The van der Waals surface area contributed by atoms with Gasteiger partial charge in [-0.15, -0.1) is 0 Å². The van der Waals surface area contributed by atoms with Crippen LogP contribution in [0.1, 0.15) is 103 Å². The van der Waals surface area contributed by atoms with E-state index in [1.807, 2.05) is 68.4 Å². The predicted octanol–water partition coefficient (Wildman–Crippen LogP) is 2.07. The van der Waals surface area contributed by atoms with Crippen LogP contribution in [0.3, 0.4) is 0 Å². The van der Waals surface area contributed by atoms with Crippen LogP contribution in [0.15, 0.2) is 60.8 Å². The lowest BCUT2D eigenvalue weighted by molar-refractivity contribution is -0.136. The second-order valence-corrected chi connectivity index (χ2v) is 17.8. The number of rotatable bonds is 15. The van der Waals surface area contributed by atoms with Gasteiger partial charge < -0.3 is 53.3 Å². The molecule has 2 aromatic carbocycles. The predicted molar refractivity (Wildman–Crippen MR) is 251 cm³/mol. The Morgan fingerprint density at radius 2 is 1.48 bits per heavy atom. The number of fused-ring (bicyclic) bond motifs is 1. The minimum Gasteiger partial charge on any atom is -0.370 e. The van der Waals surface area contributed by atoms with E-state index in [1.54, 1.807) is 6.20 Å². The molecule has 5 rings (SSSR count). The largest absolute Gasteiger partial charge is 0.370 e. The van der Waals surface area contributed by atoms with Crippen molar-refractivity contribution in [3.05, 3.63) is 71.9 Å². The summed E-state index contributed by atoms with van der Waals surface area (Å²) in [5.41, 5.74) is 7.89. The highest BCUT2D eigenvalue weighted by Gasteiger charge is 2.36. The Labute approximate surface area is 386 Å². The monoisotopic (exact) mass is 912 g/mol. The van der Waals surface area contributed by atoms with Crippen LogP contribution >= 0.6 is 0 Å². The van der Waals surface area contributed by atoms with Crippen LogP contribution in [0.5, 0.6) is 0 Å². The molecule has 7 amide bonds. The third-order valence-corrected chi connectivity index (χ3v) is 12.6. The molecule has 18 nitrogen and oxygen atoms in total. The molecule has 0 radical (unpaired) electrons. The number of hydrogen-bond donors (Lipinski definition) is 11. The van der Waals surface area contributed by atoms with Crippen LogP contribution in [0.2, 0.25) is 0 Å². The first-order chi connectivity index (χ1) is 31.7. The molecular weight excluding hydrogens is 843 g/mol. The van der Waals surface area contributed by atoms with Gasteiger partial charge >= 0.3 is 0 Å². The Bertz CT molecular complexity index is 2140. The number of carbonyl (C=O) groups excluding carboxylic acids is 7. The average Bonchev–Trinajstić information content (AvgIpc) is 3.71. The first-order valence-electron chi connectivity index (χ1n) is 23.5. The molecule has 7 atom stereocenters. The van der Waals surface area contributed by atoms with E-state index in [4.69, 9.17) is 11.1 Å². The van der Waals surface area contributed by atoms with Crippen molar-refractivity contribution in [2.45, 2.75) is 140 Å². The number of hydrogen-bond acceptors (Lipinski definition) is 8. The Balaban J connectivity index is 1.49. The molecule has 1 aliphatic heterocycles. The van der Waals surface area contributed by atoms with Crippen molar-refractivity contribution in [1.82, 2.24) is 47.5 Å². The lowest BCUT2D eigenvalue weighted by Gasteiger charge is -2.31. The fourth-order valence-electron chi connectivity index (χ4n) is 8.76. The van der Waals surface area contributed by atoms with Crippen molar-refractivity contribution in [3.8, 4) is 0 Å². The summed E-state index contributed by atoms with van der Waals surface area (Å²) in [6.07, 6.45) is 8.29. The van der Waals surface area contributed by atoms with Crippen LogP contribution in [-0.4, -0.2) is 102 Å². The molecule has 3 aromatic rings. The SMILES string of the molecule is CCC(C)[C@@H]1NC(=O)[C@@H](NC(=O)[C@H](Cc2ccccc2)NC(C)=O)CCCNC(=O)[C@H](CCCNC(=N)N)NC(=O)[C@H](Cc2c[nH]c3ccccc23)NC(=O)[C@@H](CC2CCCCC2)NC1=O. The number of aromatic amines is 1. The maximum Gasteiger partial charge on any atom is 0.243 e. The number of carbonyl (C=O) groups is 7. The van der Waals surface area contributed by atoms with E-state index in [9.17, 15) is 33.6 Å². The van der Waals surface area contributed by atoms with E-state index in [-0.39, 0.29) is 57.1 Å². The van der Waals surface area contributed by atoms with Crippen LogP contribution in [0.4, 0.5) is 0 Å². The molecule has 66 heavy (non-hydrogen) atoms. The van der Waals surface area contributed by atoms with E-state index >= 15 is 0 Å². The number of guanidine groups is 1. The quantitative estimate of drug-likeness (QED) is 0.0604. The zero-order valence-electron chi connectivity index (χ0n) is 38.4. The normalized spacial score (nSPS) is 22.8. The van der Waals surface area contributed by atoms with E-state index in [2.05, 4.69) is 47.5 Å². The lowest BCUT2D eigenvalue weighted by atomic mass is 9.84. The summed E-state index contributed by atoms with van der Waals surface area (Å²) in [6.45, 7) is 5.30. The maximum absolute atomic E-state index is 14.7. The summed E-state index contributed by atoms with van der Waals surface area (Å²) < 4.78 is 0. The highest BCUT2D eigenvalue weighted by atomic mass is 16.2. The number of aromatic nitrogens is 1. The van der Waals surface area contributed by atoms with Gasteiger partial charge in [-0.05, 0) is 61.1 Å². The first-order valence-corrected chi connectivity index (χ1v) is 23.5. The molecule has 2 heterocycles. The highest BCUT2D eigenvalue weighted by molar-refractivity contribution is 5.97. The number of para-hydroxylation sites is 1. The second kappa shape index (κ2) is 25.3. The Morgan fingerprint density at radius 3 is 2.20 bits per heavy atom. The van der Waals surface area contributed by atoms with Crippen LogP contribution in [0, 0.1) is 17.2 Å². The first kappa shape index (κ1) is 50.5. The van der Waals surface area contributed by atoms with Gasteiger partial charge in [0.25, 0.3) is 0 Å². The van der Waals surface area contributed by atoms with Crippen molar-refractivity contribution in [2.24, 2.45) is 17.6 Å². The summed E-state index contributed by atoms with van der Waals surface area (Å²) in [6, 6.07) is 10.1. The van der Waals surface area contributed by atoms with Gasteiger partial charge in [0.2, 0.25) is 41.4 Å². The molecule has 0 bridgehead atoms. The number of benzene rings is 2. The zero-order chi connectivity index (χ0) is 47.6. The molecule has 18 heteroatoms. The van der Waals surface area contributed by atoms with Gasteiger partial charge in [-0.25, -0.2) is 0 Å². The molecule has 2 fully saturated rings. The van der Waals surface area contributed by atoms with E-state index < -0.39 is 83.5 Å². The van der Waals surface area contributed by atoms with Crippen LogP contribution in [-0.2, 0) is 46.4 Å². The summed E-state index contributed by atoms with van der Waals surface area (Å²) >= 11 is 0. The van der Waals surface area contributed by atoms with Crippen molar-refractivity contribution in [3.63, 3.8) is 0 Å². The summed E-state index contributed by atoms with van der Waals surface area (Å²) in [7, 11) is 0. The van der Waals surface area contributed by atoms with E-state index in [0.29, 0.717) is 19.3 Å². The summed E-state index contributed by atoms with van der Waals surface area (Å²) in [5, 5.41) is 31.2. The topological polar surface area (TPSA) is 281 Å². The maximum atomic E-state index is 14.7. The number of H-pyrrole nitrogens is 1. The van der Waals surface area contributed by atoms with Crippen molar-refractivity contribution in [1.29, 1.82) is 5.41 Å². The average molecular weight is 912 g/mol. The van der Waals surface area contributed by atoms with Gasteiger partial charge in [0.05, 0.1) is 0 Å². The molecular formula is C48H69N11O7. The minimum absolute atomic E-state index is 0.0315. The number of amides is 7. The molecule has 1 aromatic heterocycles. The van der Waals surface area contributed by atoms with E-state index in [0.717, 1.165) is 54.1 Å². The molecule has 2 aliphatic rings. The molecule has 358 valence electrons. The molecule has 1 aliphatic carbocycles. The van der Waals surface area contributed by atoms with Crippen LogP contribution < -0.4 is 48.3 Å². The van der Waals surface area contributed by atoms with Gasteiger partial charge in [0, 0.05) is 50.0 Å². The fourth-order valence-corrected chi connectivity index (χ4v) is 8.76. The third-order valence-electron chi connectivity index (χ3n) is 12.6. The van der Waals surface area contributed by atoms with Crippen LogP contribution in [0.25, 0.3) is 10.9 Å². The molecule has 1 unspecified atom stereocenters. The Morgan fingerprint density at radius 1 is 0.803 bits per heavy atom. The van der Waals surface area contributed by atoms with E-state index in [1.165, 1.54) is 6.92 Å². The zero-order valence-corrected chi connectivity index (χ0v) is 38.4. The summed E-state index contributed by atoms with van der Waals surface area (Å²) in [5.74, 6) is -4.49. The number of nitrogens with one attached hydrogen (secondary N) is 10. The molecule has 1 saturated heterocycles. The van der Waals surface area contributed by atoms with Gasteiger partial charge in [-0.1, -0.05) is 101 Å². The minimum atomic E-state index is -1.19. The van der Waals surface area contributed by atoms with Gasteiger partial charge in [0.15, 0.2) is 5.96 Å². The second-order valence-electron chi connectivity index (χ2n) is 17.8. The Kier molecular flexibility index (Phi) is 19.4. The smallest absolute Gasteiger partial charge is 0.243 e. The molecule has 0 spiro atoms. The fraction of sp³-hybridized carbons (Fsp3) is 0.542. The number of nitrogens with two attached hydrogens (primary N) is 1. The standard InChI is InChI=1S/C48H69N11O7/c1-4-29(2)41-47(66)58-39(26-32-17-9-6-10-18-32)45(64)57-40(27-33-28-53-35-20-12-11-19-34(33)35)46(65)55-36(21-14-24-52-48(49)50)42(61)51-23-13-22-37(43(62)59-41)56-44(63)38(54-30(3)60)25-31-15-7-5-8-16-31/h5,7-8,11-12,15-16,19-20,28-29,32,36-41,53H,4,6,9-10,13-14,17-18,21-27H2,1-3H3,(H,51,61)(H,54,60)(H,55,65)(H,56,63)(H,57,64)(H,58,66)(H,59,62)(H4,49,50,52)/t29?,36-,37-,38-,39+,40-,41-/m0/s1. The molecule has 12 N–H and O–H groups in total. The van der Waals surface area contributed by atoms with Gasteiger partial charge in [-0.2, -0.15) is 0 Å². The Hall–Kier alpha value is -6.46. The van der Waals surface area contributed by atoms with Crippen molar-refractivity contribution < 1.29 is 33.6 Å². The molecule has 1 saturated carbocycles. The third kappa shape index (κ3) is 15.3. The lowest BCUT2D eigenvalue weighted by Crippen LogP contribution is -2.61. The summed E-state index contributed by atoms with van der Waals surface area (Å²) in [4.78, 5) is 101. The van der Waals surface area contributed by atoms with Crippen molar-refractivity contribution >= 4 is 58.2 Å². The van der Waals surface area contributed by atoms with Crippen molar-refractivity contribution in [2.75, 3.05) is 13.1 Å². The van der Waals surface area contributed by atoms with Gasteiger partial charge in [-0.3, -0.25) is 39.0 Å².